The van der Waals surface area contributed by atoms with Gasteiger partial charge in [-0.2, -0.15) is 0 Å². The second-order valence-electron chi connectivity index (χ2n) is 6.97. The van der Waals surface area contributed by atoms with Crippen molar-refractivity contribution in [2.75, 3.05) is 38.5 Å². The SMILES string of the molecule is Cc1cc(SCC(=O)OCC(=O)N2CCN(C(=O)c3ccco3)CC2)c(C)cc1Br. The lowest BCUT2D eigenvalue weighted by atomic mass is 10.2. The molecule has 3 rings (SSSR count). The van der Waals surface area contributed by atoms with E-state index in [1.54, 1.807) is 21.9 Å². The average molecular weight is 495 g/mol. The Balaban J connectivity index is 1.40. The Morgan fingerprint density at radius 1 is 1.10 bits per heavy atom. The first-order valence-electron chi connectivity index (χ1n) is 9.51. The smallest absolute Gasteiger partial charge is 0.316 e. The van der Waals surface area contributed by atoms with Crippen LogP contribution in [-0.4, -0.2) is 66.1 Å². The molecule has 1 aromatic heterocycles. The van der Waals surface area contributed by atoms with Crippen molar-refractivity contribution < 1.29 is 23.5 Å². The fraction of sp³-hybridized carbons (Fsp3) is 0.381. The number of ether oxygens (including phenoxy) is 1. The molecule has 2 heterocycles. The average Bonchev–Trinajstić information content (AvgIpc) is 3.28. The molecule has 1 aliphatic rings. The van der Waals surface area contributed by atoms with Gasteiger partial charge in [-0.15, -0.1) is 11.8 Å². The van der Waals surface area contributed by atoms with Crippen molar-refractivity contribution in [3.8, 4) is 0 Å². The van der Waals surface area contributed by atoms with Crippen LogP contribution in [0.1, 0.15) is 21.7 Å². The van der Waals surface area contributed by atoms with E-state index >= 15 is 0 Å². The maximum absolute atomic E-state index is 12.3. The number of rotatable bonds is 6. The van der Waals surface area contributed by atoms with Crippen LogP contribution in [0, 0.1) is 13.8 Å². The molecule has 1 aromatic carbocycles. The number of thioether (sulfide) groups is 1. The summed E-state index contributed by atoms with van der Waals surface area (Å²) in [6.07, 6.45) is 1.46. The van der Waals surface area contributed by atoms with Crippen LogP contribution < -0.4 is 0 Å². The number of carbonyl (C=O) groups is 3. The number of hydrogen-bond donors (Lipinski definition) is 0. The number of amides is 2. The Bertz CT molecular complexity index is 924. The first-order valence-corrected chi connectivity index (χ1v) is 11.3. The van der Waals surface area contributed by atoms with Crippen LogP contribution in [-0.2, 0) is 14.3 Å². The number of furan rings is 1. The summed E-state index contributed by atoms with van der Waals surface area (Å²) in [6, 6.07) is 7.32. The molecule has 160 valence electrons. The molecule has 0 aliphatic carbocycles. The van der Waals surface area contributed by atoms with Gasteiger partial charge in [0.25, 0.3) is 11.8 Å². The molecule has 9 heteroatoms. The van der Waals surface area contributed by atoms with Gasteiger partial charge < -0.3 is 19.0 Å². The van der Waals surface area contributed by atoms with E-state index in [-0.39, 0.29) is 29.9 Å². The van der Waals surface area contributed by atoms with Crippen molar-refractivity contribution in [3.05, 3.63) is 51.9 Å². The van der Waals surface area contributed by atoms with Crippen LogP contribution in [0.25, 0.3) is 0 Å². The zero-order valence-corrected chi connectivity index (χ0v) is 19.3. The maximum atomic E-state index is 12.3. The van der Waals surface area contributed by atoms with E-state index in [0.29, 0.717) is 26.2 Å². The number of nitrogens with zero attached hydrogens (tertiary/aromatic N) is 2. The molecule has 0 atom stereocenters. The first-order chi connectivity index (χ1) is 14.3. The van der Waals surface area contributed by atoms with Gasteiger partial charge in [-0.25, -0.2) is 0 Å². The predicted molar refractivity (Wildman–Crippen MR) is 116 cm³/mol. The number of esters is 1. The van der Waals surface area contributed by atoms with Crippen LogP contribution in [0.15, 0.2) is 44.3 Å². The summed E-state index contributed by atoms with van der Waals surface area (Å²) < 4.78 is 11.3. The van der Waals surface area contributed by atoms with E-state index in [1.165, 1.54) is 18.0 Å². The lowest BCUT2D eigenvalue weighted by Gasteiger charge is -2.34. The number of hydrogen-bond acceptors (Lipinski definition) is 6. The van der Waals surface area contributed by atoms with Crippen LogP contribution in [0.5, 0.6) is 0 Å². The van der Waals surface area contributed by atoms with Crippen molar-refractivity contribution in [1.29, 1.82) is 0 Å². The monoisotopic (exact) mass is 494 g/mol. The number of carbonyl (C=O) groups excluding carboxylic acids is 3. The van der Waals surface area contributed by atoms with Gasteiger partial charge in [-0.05, 0) is 49.2 Å². The van der Waals surface area contributed by atoms with Crippen molar-refractivity contribution >= 4 is 45.5 Å². The van der Waals surface area contributed by atoms with Crippen LogP contribution >= 0.6 is 27.7 Å². The summed E-state index contributed by atoms with van der Waals surface area (Å²) in [4.78, 5) is 40.9. The minimum Gasteiger partial charge on any atom is -0.459 e. The summed E-state index contributed by atoms with van der Waals surface area (Å²) in [7, 11) is 0. The normalized spacial score (nSPS) is 14.0. The fourth-order valence-electron chi connectivity index (χ4n) is 3.04. The van der Waals surface area contributed by atoms with Crippen molar-refractivity contribution in [1.82, 2.24) is 9.80 Å². The molecule has 1 saturated heterocycles. The largest absolute Gasteiger partial charge is 0.459 e. The van der Waals surface area contributed by atoms with Gasteiger partial charge in [-0.1, -0.05) is 15.9 Å². The quantitative estimate of drug-likeness (QED) is 0.452. The zero-order valence-electron chi connectivity index (χ0n) is 16.9. The summed E-state index contributed by atoms with van der Waals surface area (Å²) in [5.41, 5.74) is 2.17. The van der Waals surface area contributed by atoms with Crippen LogP contribution in [0.3, 0.4) is 0 Å². The van der Waals surface area contributed by atoms with E-state index in [2.05, 4.69) is 15.9 Å². The number of benzene rings is 1. The van der Waals surface area contributed by atoms with E-state index in [1.807, 2.05) is 26.0 Å². The highest BCUT2D eigenvalue weighted by Crippen LogP contribution is 2.28. The molecule has 1 aliphatic heterocycles. The van der Waals surface area contributed by atoms with E-state index < -0.39 is 5.97 Å². The molecule has 0 N–H and O–H groups in total. The molecule has 0 spiro atoms. The minimum absolute atomic E-state index is 0.140. The highest BCUT2D eigenvalue weighted by atomic mass is 79.9. The van der Waals surface area contributed by atoms with E-state index in [0.717, 1.165) is 20.5 Å². The van der Waals surface area contributed by atoms with Gasteiger partial charge in [0.05, 0.1) is 12.0 Å². The van der Waals surface area contributed by atoms with Gasteiger partial charge in [0.1, 0.15) is 0 Å². The zero-order chi connectivity index (χ0) is 21.7. The Kier molecular flexibility index (Phi) is 7.60. The number of aryl methyl sites for hydroxylation is 2. The van der Waals surface area contributed by atoms with E-state index in [9.17, 15) is 14.4 Å². The molecule has 2 amide bonds. The highest BCUT2D eigenvalue weighted by Gasteiger charge is 2.26. The Hall–Kier alpha value is -2.26. The van der Waals surface area contributed by atoms with Crippen LogP contribution in [0.4, 0.5) is 0 Å². The van der Waals surface area contributed by atoms with Gasteiger partial charge in [0.15, 0.2) is 12.4 Å². The molecular formula is C21H23BrN2O5S. The molecule has 7 nitrogen and oxygen atoms in total. The van der Waals surface area contributed by atoms with E-state index in [4.69, 9.17) is 9.15 Å². The molecule has 0 radical (unpaired) electrons. The number of piperazine rings is 1. The topological polar surface area (TPSA) is 80.1 Å². The summed E-state index contributed by atoms with van der Waals surface area (Å²) in [5, 5.41) is 0. The third kappa shape index (κ3) is 5.66. The third-order valence-electron chi connectivity index (χ3n) is 4.81. The standard InChI is InChI=1S/C21H23BrN2O5S/c1-14-11-18(15(2)10-16(14)22)30-13-20(26)29-12-19(25)23-5-7-24(8-6-23)21(27)17-4-3-9-28-17/h3-4,9-11H,5-8,12-13H2,1-2H3. The molecule has 0 bridgehead atoms. The summed E-state index contributed by atoms with van der Waals surface area (Å²) in [5.74, 6) is -0.443. The van der Waals surface area contributed by atoms with Crippen LogP contribution in [0.2, 0.25) is 0 Å². The Morgan fingerprint density at radius 2 is 1.80 bits per heavy atom. The van der Waals surface area contributed by atoms with Gasteiger partial charge in [-0.3, -0.25) is 14.4 Å². The lowest BCUT2D eigenvalue weighted by molar-refractivity contribution is -0.150. The molecule has 0 saturated carbocycles. The Morgan fingerprint density at radius 3 is 2.47 bits per heavy atom. The van der Waals surface area contributed by atoms with Gasteiger partial charge in [0, 0.05) is 35.5 Å². The van der Waals surface area contributed by atoms with Gasteiger partial charge in [0.2, 0.25) is 0 Å². The van der Waals surface area contributed by atoms with Crippen molar-refractivity contribution in [3.63, 3.8) is 0 Å². The Labute approximate surface area is 187 Å². The molecule has 30 heavy (non-hydrogen) atoms. The minimum atomic E-state index is -0.431. The summed E-state index contributed by atoms with van der Waals surface area (Å²) in [6.45, 7) is 5.31. The molecule has 0 unspecified atom stereocenters. The highest BCUT2D eigenvalue weighted by molar-refractivity contribution is 9.10. The van der Waals surface area contributed by atoms with Gasteiger partial charge >= 0.3 is 5.97 Å². The maximum Gasteiger partial charge on any atom is 0.316 e. The third-order valence-corrected chi connectivity index (χ3v) is 6.80. The lowest BCUT2D eigenvalue weighted by Crippen LogP contribution is -2.51. The first kappa shape index (κ1) is 22.4. The summed E-state index contributed by atoms with van der Waals surface area (Å²) >= 11 is 4.89. The van der Waals surface area contributed by atoms with Crippen molar-refractivity contribution in [2.45, 2.75) is 18.7 Å². The number of halogens is 1. The predicted octanol–water partition coefficient (Wildman–Crippen LogP) is 3.28. The molecular weight excluding hydrogens is 472 g/mol. The molecule has 2 aromatic rings. The van der Waals surface area contributed by atoms with Crippen molar-refractivity contribution in [2.24, 2.45) is 0 Å². The fourth-order valence-corrected chi connectivity index (χ4v) is 4.40. The second kappa shape index (κ2) is 10.2. The second-order valence-corrected chi connectivity index (χ2v) is 8.84. The molecule has 1 fully saturated rings.